The van der Waals surface area contributed by atoms with Crippen molar-refractivity contribution in [2.45, 2.75) is 64.5 Å². The average molecular weight is 304 g/mol. The van der Waals surface area contributed by atoms with E-state index in [4.69, 9.17) is 4.42 Å². The molecule has 0 bridgehead atoms. The lowest BCUT2D eigenvalue weighted by atomic mass is 10.0. The fourth-order valence-electron chi connectivity index (χ4n) is 3.48. The van der Waals surface area contributed by atoms with Gasteiger partial charge in [0.2, 0.25) is 5.91 Å². The molecule has 0 spiro atoms. The summed E-state index contributed by atoms with van der Waals surface area (Å²) >= 11 is 0. The zero-order valence-corrected chi connectivity index (χ0v) is 13.5. The highest BCUT2D eigenvalue weighted by atomic mass is 16.3. The minimum Gasteiger partial charge on any atom is -0.465 e. The van der Waals surface area contributed by atoms with Crippen LogP contribution in [0.3, 0.4) is 0 Å². The second-order valence-electron chi connectivity index (χ2n) is 6.72. The van der Waals surface area contributed by atoms with Gasteiger partial charge in [0, 0.05) is 18.5 Å². The molecule has 2 fully saturated rings. The van der Waals surface area contributed by atoms with Crippen LogP contribution in [0.2, 0.25) is 0 Å². The van der Waals surface area contributed by atoms with Crippen LogP contribution in [0.5, 0.6) is 0 Å². The number of furan rings is 1. The Labute approximate surface area is 131 Å². The first-order chi connectivity index (χ1) is 10.5. The van der Waals surface area contributed by atoms with Gasteiger partial charge in [0.05, 0.1) is 5.56 Å². The molecule has 1 aromatic heterocycles. The minimum atomic E-state index is -0.382. The van der Waals surface area contributed by atoms with Gasteiger partial charge in [0.25, 0.3) is 5.91 Å². The van der Waals surface area contributed by atoms with E-state index in [1.807, 2.05) is 18.7 Å². The first-order valence-electron chi connectivity index (χ1n) is 8.19. The molecule has 2 atom stereocenters. The molecule has 0 aliphatic carbocycles. The summed E-state index contributed by atoms with van der Waals surface area (Å²) in [6, 6.07) is 1.72. The largest absolute Gasteiger partial charge is 0.465 e. The normalized spacial score (nSPS) is 24.7. The molecule has 2 amide bonds. The van der Waals surface area contributed by atoms with Crippen molar-refractivity contribution in [3.05, 3.63) is 23.2 Å². The van der Waals surface area contributed by atoms with Crippen molar-refractivity contribution in [3.63, 3.8) is 0 Å². The van der Waals surface area contributed by atoms with Gasteiger partial charge >= 0.3 is 0 Å². The predicted octanol–water partition coefficient (Wildman–Crippen LogP) is 2.59. The Morgan fingerprint density at radius 1 is 1.41 bits per heavy atom. The Hall–Kier alpha value is -1.78. The van der Waals surface area contributed by atoms with Crippen LogP contribution in [-0.4, -0.2) is 35.3 Å². The fraction of sp³-hybridized carbons (Fsp3) is 0.647. The summed E-state index contributed by atoms with van der Waals surface area (Å²) in [5.74, 6) is 1.53. The molecule has 0 saturated carbocycles. The molecule has 22 heavy (non-hydrogen) atoms. The molecule has 3 rings (SSSR count). The Kier molecular flexibility index (Phi) is 3.98. The monoisotopic (exact) mass is 304 g/mol. The van der Waals surface area contributed by atoms with E-state index in [-0.39, 0.29) is 23.8 Å². The summed E-state index contributed by atoms with van der Waals surface area (Å²) in [4.78, 5) is 26.8. The summed E-state index contributed by atoms with van der Waals surface area (Å²) in [5, 5.41) is 2.90. The van der Waals surface area contributed by atoms with E-state index in [0.29, 0.717) is 17.4 Å². The Bertz CT molecular complexity index is 591. The Morgan fingerprint density at radius 3 is 2.82 bits per heavy atom. The Balaban J connectivity index is 1.71. The van der Waals surface area contributed by atoms with Crippen LogP contribution < -0.4 is 5.32 Å². The third-order valence-corrected chi connectivity index (χ3v) is 4.77. The number of nitrogens with one attached hydrogen (secondary N) is 1. The fourth-order valence-corrected chi connectivity index (χ4v) is 3.48. The topological polar surface area (TPSA) is 62.6 Å². The summed E-state index contributed by atoms with van der Waals surface area (Å²) in [6.45, 7) is 6.68. The van der Waals surface area contributed by atoms with E-state index < -0.39 is 0 Å². The number of carbonyl (C=O) groups excluding carboxylic acids is 2. The highest BCUT2D eigenvalue weighted by molar-refractivity contribution is 5.99. The van der Waals surface area contributed by atoms with Crippen molar-refractivity contribution in [1.82, 2.24) is 10.2 Å². The van der Waals surface area contributed by atoms with E-state index in [1.165, 1.54) is 6.42 Å². The van der Waals surface area contributed by atoms with Crippen molar-refractivity contribution < 1.29 is 14.0 Å². The van der Waals surface area contributed by atoms with Gasteiger partial charge in [0.1, 0.15) is 17.6 Å². The molecule has 2 aliphatic heterocycles. The van der Waals surface area contributed by atoms with Gasteiger partial charge in [-0.15, -0.1) is 0 Å². The van der Waals surface area contributed by atoms with Crippen LogP contribution in [0.15, 0.2) is 10.5 Å². The molecule has 5 heteroatoms. The SMILES string of the molecule is Cc1oc(C(C)C)cc1C(=O)NC1CC2CCCCN2C1=O. The quantitative estimate of drug-likeness (QED) is 0.933. The lowest BCUT2D eigenvalue weighted by Crippen LogP contribution is -2.43. The van der Waals surface area contributed by atoms with Crippen LogP contribution in [-0.2, 0) is 4.79 Å². The van der Waals surface area contributed by atoms with E-state index >= 15 is 0 Å². The standard InChI is InChI=1S/C17H24N2O3/c1-10(2)15-9-13(11(3)22-15)16(20)18-14-8-12-6-4-5-7-19(12)17(14)21/h9-10,12,14H,4-8H2,1-3H3,(H,18,20). The summed E-state index contributed by atoms with van der Waals surface area (Å²) < 4.78 is 5.63. The van der Waals surface area contributed by atoms with E-state index in [9.17, 15) is 9.59 Å². The van der Waals surface area contributed by atoms with Gasteiger partial charge in [-0.2, -0.15) is 0 Å². The maximum atomic E-state index is 12.5. The number of fused-ring (bicyclic) bond motifs is 1. The number of hydrogen-bond acceptors (Lipinski definition) is 3. The number of nitrogens with zero attached hydrogens (tertiary/aromatic N) is 1. The lowest BCUT2D eigenvalue weighted by Gasteiger charge is -2.28. The molecule has 2 aliphatic rings. The minimum absolute atomic E-state index is 0.0725. The molecule has 2 saturated heterocycles. The molecule has 0 aromatic carbocycles. The van der Waals surface area contributed by atoms with Gasteiger partial charge in [0.15, 0.2) is 0 Å². The maximum Gasteiger partial charge on any atom is 0.255 e. The molecular formula is C17H24N2O3. The molecule has 120 valence electrons. The third-order valence-electron chi connectivity index (χ3n) is 4.77. The van der Waals surface area contributed by atoms with E-state index in [1.54, 1.807) is 13.0 Å². The van der Waals surface area contributed by atoms with Crippen molar-refractivity contribution in [1.29, 1.82) is 0 Å². The maximum absolute atomic E-state index is 12.5. The van der Waals surface area contributed by atoms with Crippen molar-refractivity contribution in [2.75, 3.05) is 6.54 Å². The first kappa shape index (κ1) is 15.1. The van der Waals surface area contributed by atoms with Gasteiger partial charge in [-0.3, -0.25) is 9.59 Å². The highest BCUT2D eigenvalue weighted by Gasteiger charge is 2.41. The molecule has 2 unspecified atom stereocenters. The molecule has 3 heterocycles. The van der Waals surface area contributed by atoms with Crippen LogP contribution in [0.25, 0.3) is 0 Å². The number of aryl methyl sites for hydroxylation is 1. The number of rotatable bonds is 3. The van der Waals surface area contributed by atoms with E-state index in [2.05, 4.69) is 5.32 Å². The summed E-state index contributed by atoms with van der Waals surface area (Å²) in [5.41, 5.74) is 0.543. The second-order valence-corrected chi connectivity index (χ2v) is 6.72. The zero-order valence-electron chi connectivity index (χ0n) is 13.5. The van der Waals surface area contributed by atoms with Crippen molar-refractivity contribution in [2.24, 2.45) is 0 Å². The van der Waals surface area contributed by atoms with Crippen LogP contribution in [0.4, 0.5) is 0 Å². The van der Waals surface area contributed by atoms with Crippen molar-refractivity contribution >= 4 is 11.8 Å². The number of hydrogen-bond donors (Lipinski definition) is 1. The van der Waals surface area contributed by atoms with Gasteiger partial charge in [-0.05, 0) is 38.7 Å². The van der Waals surface area contributed by atoms with Crippen LogP contribution in [0.1, 0.15) is 67.3 Å². The molecule has 5 nitrogen and oxygen atoms in total. The number of carbonyl (C=O) groups is 2. The van der Waals surface area contributed by atoms with Crippen molar-refractivity contribution in [3.8, 4) is 0 Å². The summed E-state index contributed by atoms with van der Waals surface area (Å²) in [7, 11) is 0. The van der Waals surface area contributed by atoms with Gasteiger partial charge in [-0.25, -0.2) is 0 Å². The van der Waals surface area contributed by atoms with Gasteiger partial charge in [-0.1, -0.05) is 13.8 Å². The van der Waals surface area contributed by atoms with Gasteiger partial charge < -0.3 is 14.6 Å². The lowest BCUT2D eigenvalue weighted by molar-refractivity contribution is -0.131. The molecule has 1 N–H and O–H groups in total. The smallest absolute Gasteiger partial charge is 0.255 e. The predicted molar refractivity (Wildman–Crippen MR) is 82.8 cm³/mol. The zero-order chi connectivity index (χ0) is 15.9. The van der Waals surface area contributed by atoms with E-state index in [0.717, 1.165) is 31.6 Å². The first-order valence-corrected chi connectivity index (χ1v) is 8.19. The molecule has 1 aromatic rings. The second kappa shape index (κ2) is 5.78. The highest BCUT2D eigenvalue weighted by Crippen LogP contribution is 2.28. The Morgan fingerprint density at radius 2 is 2.18 bits per heavy atom. The van der Waals surface area contributed by atoms with Crippen LogP contribution >= 0.6 is 0 Å². The third kappa shape index (κ3) is 2.64. The van der Waals surface area contributed by atoms with Crippen LogP contribution in [0, 0.1) is 6.92 Å². The molecule has 0 radical (unpaired) electrons. The molecular weight excluding hydrogens is 280 g/mol. The summed E-state index contributed by atoms with van der Waals surface area (Å²) in [6.07, 6.45) is 4.04. The average Bonchev–Trinajstić information content (AvgIpc) is 3.01. The number of piperidine rings is 1. The number of amides is 2.